The molecular weight excluding hydrogens is 208 g/mol. The number of hydrogen-bond acceptors (Lipinski definition) is 2. The molecule has 0 aliphatic heterocycles. The molecule has 0 bridgehead atoms. The minimum absolute atomic E-state index is 0.538. The van der Waals surface area contributed by atoms with Crippen molar-refractivity contribution in [2.24, 2.45) is 0 Å². The molecule has 0 heterocycles. The molecule has 1 aromatic rings. The molecule has 0 amide bonds. The first kappa shape index (κ1) is 14.2. The van der Waals surface area contributed by atoms with Crippen molar-refractivity contribution in [3.63, 3.8) is 0 Å². The number of hydrogen-bond donors (Lipinski definition) is 1. The number of benzene rings is 1. The number of nitrogens with zero attached hydrogens (tertiary/aromatic N) is 1. The maximum atomic E-state index is 3.57. The van der Waals surface area contributed by atoms with Gasteiger partial charge in [-0.3, -0.25) is 0 Å². The summed E-state index contributed by atoms with van der Waals surface area (Å²) in [5.41, 5.74) is 4.22. The molecule has 2 nitrogen and oxygen atoms in total. The predicted molar refractivity (Wildman–Crippen MR) is 75.6 cm³/mol. The summed E-state index contributed by atoms with van der Waals surface area (Å²) >= 11 is 0. The highest BCUT2D eigenvalue weighted by atomic mass is 15.1. The molecule has 0 fully saturated rings. The Labute approximate surface area is 106 Å². The first-order valence-electron chi connectivity index (χ1n) is 6.47. The molecule has 0 aliphatic rings. The second kappa shape index (κ2) is 6.77. The van der Waals surface area contributed by atoms with Gasteiger partial charge in [-0.05, 0) is 52.0 Å². The maximum absolute atomic E-state index is 3.57. The van der Waals surface area contributed by atoms with Gasteiger partial charge in [-0.25, -0.2) is 0 Å². The average Bonchev–Trinajstić information content (AvgIpc) is 2.23. The minimum Gasteiger partial charge on any atom is -0.313 e. The van der Waals surface area contributed by atoms with Crippen molar-refractivity contribution in [1.82, 2.24) is 10.2 Å². The molecule has 0 saturated carbocycles. The molecule has 17 heavy (non-hydrogen) atoms. The summed E-state index contributed by atoms with van der Waals surface area (Å²) in [5, 5.41) is 3.57. The van der Waals surface area contributed by atoms with Crippen LogP contribution < -0.4 is 5.32 Å². The summed E-state index contributed by atoms with van der Waals surface area (Å²) in [6.45, 7) is 8.65. The normalized spacial score (nSPS) is 13.1. The van der Waals surface area contributed by atoms with Gasteiger partial charge in [0.1, 0.15) is 0 Å². The van der Waals surface area contributed by atoms with Gasteiger partial charge in [0.15, 0.2) is 0 Å². The Hall–Kier alpha value is -0.860. The number of nitrogens with one attached hydrogen (secondary N) is 1. The van der Waals surface area contributed by atoms with Crippen LogP contribution in [-0.2, 0) is 6.42 Å². The highest BCUT2D eigenvalue weighted by Gasteiger charge is 2.11. The quantitative estimate of drug-likeness (QED) is 0.813. The third kappa shape index (κ3) is 4.88. The zero-order valence-electron chi connectivity index (χ0n) is 11.9. The Kier molecular flexibility index (Phi) is 5.66. The van der Waals surface area contributed by atoms with E-state index in [1.165, 1.54) is 16.7 Å². The Morgan fingerprint density at radius 3 is 2.53 bits per heavy atom. The van der Waals surface area contributed by atoms with Crippen LogP contribution in [0.3, 0.4) is 0 Å². The van der Waals surface area contributed by atoms with Crippen LogP contribution in [0.15, 0.2) is 18.2 Å². The molecule has 0 saturated heterocycles. The van der Waals surface area contributed by atoms with Gasteiger partial charge in [-0.2, -0.15) is 0 Å². The Bertz CT molecular complexity index is 345. The predicted octanol–water partition coefficient (Wildman–Crippen LogP) is 2.39. The van der Waals surface area contributed by atoms with E-state index in [4.69, 9.17) is 0 Å². The van der Waals surface area contributed by atoms with Gasteiger partial charge in [0.2, 0.25) is 0 Å². The van der Waals surface area contributed by atoms with Gasteiger partial charge in [-0.1, -0.05) is 30.7 Å². The van der Waals surface area contributed by atoms with Gasteiger partial charge < -0.3 is 10.2 Å². The van der Waals surface area contributed by atoms with E-state index in [1.807, 2.05) is 0 Å². The van der Waals surface area contributed by atoms with Crippen LogP contribution in [0, 0.1) is 13.8 Å². The van der Waals surface area contributed by atoms with Crippen molar-refractivity contribution in [1.29, 1.82) is 0 Å². The first-order chi connectivity index (χ1) is 8.02. The molecule has 1 unspecified atom stereocenters. The van der Waals surface area contributed by atoms with Crippen molar-refractivity contribution in [3.05, 3.63) is 34.9 Å². The van der Waals surface area contributed by atoms with Gasteiger partial charge in [0, 0.05) is 12.6 Å². The van der Waals surface area contributed by atoms with Crippen LogP contribution in [0.5, 0.6) is 0 Å². The molecular formula is C15H26N2. The van der Waals surface area contributed by atoms with E-state index in [9.17, 15) is 0 Å². The fourth-order valence-electron chi connectivity index (χ4n) is 2.22. The SMILES string of the molecule is CCNC(Cc1cc(C)ccc1C)CN(C)C. The Morgan fingerprint density at radius 2 is 1.94 bits per heavy atom. The van der Waals surface area contributed by atoms with E-state index in [1.54, 1.807) is 0 Å². The van der Waals surface area contributed by atoms with Gasteiger partial charge >= 0.3 is 0 Å². The number of aryl methyl sites for hydroxylation is 2. The summed E-state index contributed by atoms with van der Waals surface area (Å²) < 4.78 is 0. The van der Waals surface area contributed by atoms with Crippen LogP contribution in [0.4, 0.5) is 0 Å². The van der Waals surface area contributed by atoms with Crippen LogP contribution in [0.2, 0.25) is 0 Å². The van der Waals surface area contributed by atoms with Crippen molar-refractivity contribution in [2.45, 2.75) is 33.2 Å². The summed E-state index contributed by atoms with van der Waals surface area (Å²) in [7, 11) is 4.26. The van der Waals surface area contributed by atoms with E-state index in [2.05, 4.69) is 63.3 Å². The molecule has 0 radical (unpaired) electrons. The summed E-state index contributed by atoms with van der Waals surface area (Å²) in [5.74, 6) is 0. The third-order valence-corrected chi connectivity index (χ3v) is 3.05. The van der Waals surface area contributed by atoms with Gasteiger partial charge in [0.05, 0.1) is 0 Å². The fourth-order valence-corrected chi connectivity index (χ4v) is 2.22. The summed E-state index contributed by atoms with van der Waals surface area (Å²) in [6.07, 6.45) is 1.11. The lowest BCUT2D eigenvalue weighted by molar-refractivity contribution is 0.339. The lowest BCUT2D eigenvalue weighted by atomic mass is 9.98. The molecule has 0 aromatic heterocycles. The van der Waals surface area contributed by atoms with Gasteiger partial charge in [-0.15, -0.1) is 0 Å². The summed E-state index contributed by atoms with van der Waals surface area (Å²) in [4.78, 5) is 2.25. The van der Waals surface area contributed by atoms with Crippen LogP contribution in [-0.4, -0.2) is 38.1 Å². The monoisotopic (exact) mass is 234 g/mol. The third-order valence-electron chi connectivity index (χ3n) is 3.05. The van der Waals surface area contributed by atoms with Crippen molar-refractivity contribution >= 4 is 0 Å². The lowest BCUT2D eigenvalue weighted by Gasteiger charge is -2.23. The van der Waals surface area contributed by atoms with Crippen molar-refractivity contribution in [3.8, 4) is 0 Å². The van der Waals surface area contributed by atoms with Crippen molar-refractivity contribution in [2.75, 3.05) is 27.2 Å². The average molecular weight is 234 g/mol. The fraction of sp³-hybridized carbons (Fsp3) is 0.600. The van der Waals surface area contributed by atoms with E-state index < -0.39 is 0 Å². The highest BCUT2D eigenvalue weighted by molar-refractivity contribution is 5.31. The topological polar surface area (TPSA) is 15.3 Å². The number of likely N-dealkylation sites (N-methyl/N-ethyl adjacent to an activating group) is 2. The molecule has 0 aliphatic carbocycles. The molecule has 1 N–H and O–H groups in total. The molecule has 1 aromatic carbocycles. The molecule has 2 heteroatoms. The molecule has 96 valence electrons. The minimum atomic E-state index is 0.538. The van der Waals surface area contributed by atoms with Crippen LogP contribution in [0.1, 0.15) is 23.6 Å². The van der Waals surface area contributed by atoms with Crippen LogP contribution >= 0.6 is 0 Å². The Morgan fingerprint density at radius 1 is 1.24 bits per heavy atom. The van der Waals surface area contributed by atoms with Crippen LogP contribution in [0.25, 0.3) is 0 Å². The smallest absolute Gasteiger partial charge is 0.0235 e. The second-order valence-corrected chi connectivity index (χ2v) is 5.15. The second-order valence-electron chi connectivity index (χ2n) is 5.15. The van der Waals surface area contributed by atoms with E-state index in [-0.39, 0.29) is 0 Å². The largest absolute Gasteiger partial charge is 0.313 e. The van der Waals surface area contributed by atoms with E-state index >= 15 is 0 Å². The lowest BCUT2D eigenvalue weighted by Crippen LogP contribution is -2.39. The zero-order valence-corrected chi connectivity index (χ0v) is 11.9. The first-order valence-corrected chi connectivity index (χ1v) is 6.47. The Balaban J connectivity index is 2.74. The number of rotatable bonds is 6. The molecule has 0 spiro atoms. The van der Waals surface area contributed by atoms with E-state index in [0.717, 1.165) is 19.5 Å². The molecule has 1 rings (SSSR count). The standard InChI is InChI=1S/C15H26N2/c1-6-16-15(11-17(4)5)10-14-9-12(2)7-8-13(14)3/h7-9,15-16H,6,10-11H2,1-5H3. The van der Waals surface area contributed by atoms with Gasteiger partial charge in [0.25, 0.3) is 0 Å². The maximum Gasteiger partial charge on any atom is 0.0235 e. The van der Waals surface area contributed by atoms with Crippen molar-refractivity contribution < 1.29 is 0 Å². The highest BCUT2D eigenvalue weighted by Crippen LogP contribution is 2.13. The zero-order chi connectivity index (χ0) is 12.8. The van der Waals surface area contributed by atoms with E-state index in [0.29, 0.717) is 6.04 Å². The summed E-state index contributed by atoms with van der Waals surface area (Å²) in [6, 6.07) is 7.27. The molecule has 1 atom stereocenters.